The molecule has 0 aliphatic carbocycles. The van der Waals surface area contributed by atoms with Crippen molar-refractivity contribution in [2.75, 3.05) is 6.54 Å². The molecule has 3 heteroatoms. The number of rotatable bonds is 10. The molecule has 0 radical (unpaired) electrons. The Hall–Kier alpha value is -2.13. The summed E-state index contributed by atoms with van der Waals surface area (Å²) in [6, 6.07) is 8.73. The lowest BCUT2D eigenvalue weighted by atomic mass is 9.94. The zero-order valence-electron chi connectivity index (χ0n) is 19.4. The average molecular weight is 395 g/mol. The second-order valence-electron chi connectivity index (χ2n) is 7.96. The lowest BCUT2D eigenvalue weighted by Gasteiger charge is -2.20. The number of aryl methyl sites for hydroxylation is 3. The van der Waals surface area contributed by atoms with Gasteiger partial charge in [0.2, 0.25) is 0 Å². The number of benzene rings is 1. The summed E-state index contributed by atoms with van der Waals surface area (Å²) in [5, 5.41) is 3.56. The fourth-order valence-electron chi connectivity index (χ4n) is 3.75. The van der Waals surface area contributed by atoms with Gasteiger partial charge in [0, 0.05) is 36.0 Å². The van der Waals surface area contributed by atoms with Crippen molar-refractivity contribution in [2.24, 2.45) is 0 Å². The fourth-order valence-corrected chi connectivity index (χ4v) is 3.75. The Morgan fingerprint density at radius 3 is 2.34 bits per heavy atom. The molecule has 1 N–H and O–H groups in total. The summed E-state index contributed by atoms with van der Waals surface area (Å²) in [4.78, 5) is 5.03. The SMILES string of the molecule is CCC=C(C)CNCc1c(OC(C)C)cc(-c2c(CC)cccc2CC)nc1C. The third-order valence-corrected chi connectivity index (χ3v) is 5.17. The van der Waals surface area contributed by atoms with Gasteiger partial charge >= 0.3 is 0 Å². The minimum atomic E-state index is 0.122. The van der Waals surface area contributed by atoms with Crippen LogP contribution in [-0.4, -0.2) is 17.6 Å². The van der Waals surface area contributed by atoms with E-state index in [9.17, 15) is 0 Å². The summed E-state index contributed by atoms with van der Waals surface area (Å²) in [7, 11) is 0. The predicted octanol–water partition coefficient (Wildman–Crippen LogP) is 6.41. The summed E-state index contributed by atoms with van der Waals surface area (Å²) < 4.78 is 6.25. The Bertz CT molecular complexity index is 815. The van der Waals surface area contributed by atoms with Crippen LogP contribution in [0.15, 0.2) is 35.9 Å². The highest BCUT2D eigenvalue weighted by Crippen LogP contribution is 2.33. The maximum Gasteiger partial charge on any atom is 0.128 e. The van der Waals surface area contributed by atoms with Gasteiger partial charge in [-0.25, -0.2) is 0 Å². The van der Waals surface area contributed by atoms with Crippen LogP contribution in [0.25, 0.3) is 11.3 Å². The van der Waals surface area contributed by atoms with Gasteiger partial charge in [0.1, 0.15) is 5.75 Å². The first-order chi connectivity index (χ1) is 13.9. The van der Waals surface area contributed by atoms with Gasteiger partial charge < -0.3 is 10.1 Å². The number of nitrogens with one attached hydrogen (secondary N) is 1. The summed E-state index contributed by atoms with van der Waals surface area (Å²) >= 11 is 0. The number of nitrogens with zero attached hydrogens (tertiary/aromatic N) is 1. The molecular weight excluding hydrogens is 356 g/mol. The molecule has 0 saturated carbocycles. The Labute approximate surface area is 177 Å². The first kappa shape index (κ1) is 23.2. The molecular formula is C26H38N2O. The van der Waals surface area contributed by atoms with E-state index in [2.05, 4.69) is 84.1 Å². The lowest BCUT2D eigenvalue weighted by molar-refractivity contribution is 0.239. The lowest BCUT2D eigenvalue weighted by Crippen LogP contribution is -2.19. The van der Waals surface area contributed by atoms with E-state index in [-0.39, 0.29) is 6.10 Å². The van der Waals surface area contributed by atoms with Crippen LogP contribution in [0.5, 0.6) is 5.75 Å². The summed E-state index contributed by atoms with van der Waals surface area (Å²) in [5.41, 5.74) is 8.55. The molecule has 0 atom stereocenters. The van der Waals surface area contributed by atoms with Crippen molar-refractivity contribution in [1.82, 2.24) is 10.3 Å². The molecule has 0 fully saturated rings. The van der Waals surface area contributed by atoms with Gasteiger partial charge in [-0.05, 0) is 58.1 Å². The minimum absolute atomic E-state index is 0.122. The number of ether oxygens (including phenoxy) is 1. The smallest absolute Gasteiger partial charge is 0.128 e. The maximum atomic E-state index is 6.25. The third-order valence-electron chi connectivity index (χ3n) is 5.17. The Balaban J connectivity index is 2.46. The van der Waals surface area contributed by atoms with E-state index >= 15 is 0 Å². The number of hydrogen-bond acceptors (Lipinski definition) is 3. The molecule has 0 aliphatic heterocycles. The normalized spacial score (nSPS) is 11.9. The van der Waals surface area contributed by atoms with Crippen molar-refractivity contribution in [3.8, 4) is 17.0 Å². The van der Waals surface area contributed by atoms with E-state index in [1.807, 2.05) is 0 Å². The molecule has 0 saturated heterocycles. The molecule has 2 rings (SSSR count). The fraction of sp³-hybridized carbons (Fsp3) is 0.500. The Kier molecular flexibility index (Phi) is 8.91. The number of hydrogen-bond donors (Lipinski definition) is 1. The summed E-state index contributed by atoms with van der Waals surface area (Å²) in [5.74, 6) is 0.945. The number of pyridine rings is 1. The summed E-state index contributed by atoms with van der Waals surface area (Å²) in [6.07, 6.45) is 5.45. The van der Waals surface area contributed by atoms with E-state index < -0.39 is 0 Å². The van der Waals surface area contributed by atoms with Gasteiger partial charge in [0.05, 0.1) is 11.8 Å². The van der Waals surface area contributed by atoms with Crippen LogP contribution in [0.4, 0.5) is 0 Å². The van der Waals surface area contributed by atoms with E-state index in [0.29, 0.717) is 0 Å². The van der Waals surface area contributed by atoms with Crippen LogP contribution < -0.4 is 10.1 Å². The van der Waals surface area contributed by atoms with Gasteiger partial charge in [0.15, 0.2) is 0 Å². The Morgan fingerprint density at radius 2 is 1.79 bits per heavy atom. The molecule has 2 aromatic rings. The monoisotopic (exact) mass is 394 g/mol. The van der Waals surface area contributed by atoms with Crippen molar-refractivity contribution in [2.45, 2.75) is 80.4 Å². The Morgan fingerprint density at radius 1 is 1.14 bits per heavy atom. The van der Waals surface area contributed by atoms with Crippen LogP contribution in [-0.2, 0) is 19.4 Å². The van der Waals surface area contributed by atoms with Crippen LogP contribution in [0.3, 0.4) is 0 Å². The van der Waals surface area contributed by atoms with Gasteiger partial charge in [-0.1, -0.05) is 50.6 Å². The minimum Gasteiger partial charge on any atom is -0.491 e. The van der Waals surface area contributed by atoms with E-state index in [0.717, 1.165) is 55.1 Å². The van der Waals surface area contributed by atoms with E-state index in [4.69, 9.17) is 9.72 Å². The third kappa shape index (κ3) is 6.17. The van der Waals surface area contributed by atoms with Crippen molar-refractivity contribution in [3.63, 3.8) is 0 Å². The highest BCUT2D eigenvalue weighted by Gasteiger charge is 2.17. The molecule has 0 amide bonds. The zero-order valence-corrected chi connectivity index (χ0v) is 19.4. The quantitative estimate of drug-likeness (QED) is 0.472. The molecule has 0 bridgehead atoms. The number of allylic oxidation sites excluding steroid dienone is 1. The first-order valence-electron chi connectivity index (χ1n) is 11.1. The first-order valence-corrected chi connectivity index (χ1v) is 11.1. The van der Waals surface area contributed by atoms with Gasteiger partial charge in [0.25, 0.3) is 0 Å². The van der Waals surface area contributed by atoms with Gasteiger partial charge in [-0.15, -0.1) is 0 Å². The van der Waals surface area contributed by atoms with Crippen molar-refractivity contribution in [3.05, 3.63) is 58.3 Å². The van der Waals surface area contributed by atoms with Crippen LogP contribution in [0.1, 0.15) is 70.3 Å². The van der Waals surface area contributed by atoms with Gasteiger partial charge in [-0.3, -0.25) is 4.98 Å². The molecule has 29 heavy (non-hydrogen) atoms. The second kappa shape index (κ2) is 11.2. The molecule has 1 heterocycles. The molecule has 1 aromatic heterocycles. The molecule has 0 unspecified atom stereocenters. The predicted molar refractivity (Wildman–Crippen MR) is 125 cm³/mol. The van der Waals surface area contributed by atoms with Crippen molar-refractivity contribution < 1.29 is 4.74 Å². The van der Waals surface area contributed by atoms with Crippen molar-refractivity contribution in [1.29, 1.82) is 0 Å². The van der Waals surface area contributed by atoms with Crippen LogP contribution in [0.2, 0.25) is 0 Å². The molecule has 0 spiro atoms. The van der Waals surface area contributed by atoms with E-state index in [1.165, 1.54) is 22.3 Å². The van der Waals surface area contributed by atoms with Crippen LogP contribution in [0, 0.1) is 6.92 Å². The molecule has 3 nitrogen and oxygen atoms in total. The second-order valence-corrected chi connectivity index (χ2v) is 7.96. The van der Waals surface area contributed by atoms with Crippen molar-refractivity contribution >= 4 is 0 Å². The summed E-state index contributed by atoms with van der Waals surface area (Å²) in [6.45, 7) is 16.7. The van der Waals surface area contributed by atoms with Crippen LogP contribution >= 0.6 is 0 Å². The maximum absolute atomic E-state index is 6.25. The topological polar surface area (TPSA) is 34.1 Å². The molecule has 1 aromatic carbocycles. The largest absolute Gasteiger partial charge is 0.491 e. The molecule has 158 valence electrons. The average Bonchev–Trinajstić information content (AvgIpc) is 2.68. The molecule has 0 aliphatic rings. The highest BCUT2D eigenvalue weighted by molar-refractivity contribution is 5.70. The highest BCUT2D eigenvalue weighted by atomic mass is 16.5. The standard InChI is InChI=1S/C26H38N2O/c1-8-12-19(6)16-27-17-23-20(7)28-24(15-25(23)29-18(4)5)26-21(9-2)13-11-14-22(26)10-3/h11-15,18,27H,8-10,16-17H2,1-7H3. The zero-order chi connectivity index (χ0) is 21.4. The number of aromatic nitrogens is 1. The van der Waals surface area contributed by atoms with E-state index in [1.54, 1.807) is 0 Å². The van der Waals surface area contributed by atoms with Gasteiger partial charge in [-0.2, -0.15) is 0 Å².